The van der Waals surface area contributed by atoms with Gasteiger partial charge in [-0.2, -0.15) is 4.37 Å². The molecular formula is C12H20N4OS. The first-order chi connectivity index (χ1) is 8.38. The molecule has 0 aromatic carbocycles. The molecule has 1 saturated heterocycles. The van der Waals surface area contributed by atoms with Crippen molar-refractivity contribution in [3.05, 3.63) is 5.82 Å². The van der Waals surface area contributed by atoms with Gasteiger partial charge in [-0.15, -0.1) is 0 Å². The molecule has 0 aliphatic carbocycles. The standard InChI is InChI=1S/C12H20N4OS/c1-7(8-5-13-6-8)9(17)14-11-15-10(16-18-11)12(2,3)4/h7-8,13H,5-6H2,1-4H3,(H,14,15,16,17). The molecule has 0 saturated carbocycles. The number of carbonyl (C=O) groups is 1. The van der Waals surface area contributed by atoms with Crippen LogP contribution in [0.5, 0.6) is 0 Å². The van der Waals surface area contributed by atoms with E-state index in [0.29, 0.717) is 11.0 Å². The van der Waals surface area contributed by atoms with E-state index in [4.69, 9.17) is 0 Å². The maximum atomic E-state index is 12.0. The van der Waals surface area contributed by atoms with Gasteiger partial charge in [0.25, 0.3) is 0 Å². The van der Waals surface area contributed by atoms with E-state index in [1.165, 1.54) is 11.5 Å². The van der Waals surface area contributed by atoms with E-state index in [9.17, 15) is 4.79 Å². The van der Waals surface area contributed by atoms with E-state index in [1.54, 1.807) is 0 Å². The number of amides is 1. The number of hydrogen-bond acceptors (Lipinski definition) is 5. The lowest BCUT2D eigenvalue weighted by Crippen LogP contribution is -2.48. The zero-order valence-corrected chi connectivity index (χ0v) is 12.1. The summed E-state index contributed by atoms with van der Waals surface area (Å²) in [6.07, 6.45) is 0. The van der Waals surface area contributed by atoms with E-state index in [1.807, 2.05) is 6.92 Å². The maximum absolute atomic E-state index is 12.0. The molecule has 6 heteroatoms. The fraction of sp³-hybridized carbons (Fsp3) is 0.750. The summed E-state index contributed by atoms with van der Waals surface area (Å²) in [5.74, 6) is 1.28. The quantitative estimate of drug-likeness (QED) is 0.874. The number of nitrogens with one attached hydrogen (secondary N) is 2. The van der Waals surface area contributed by atoms with Crippen molar-refractivity contribution in [1.82, 2.24) is 14.7 Å². The van der Waals surface area contributed by atoms with Crippen LogP contribution in [0.4, 0.5) is 5.13 Å². The van der Waals surface area contributed by atoms with E-state index in [2.05, 4.69) is 40.8 Å². The Morgan fingerprint density at radius 1 is 1.50 bits per heavy atom. The van der Waals surface area contributed by atoms with Gasteiger partial charge in [-0.25, -0.2) is 4.98 Å². The molecule has 1 atom stereocenters. The second-order valence-corrected chi connectivity index (χ2v) is 6.62. The number of hydrogen-bond donors (Lipinski definition) is 2. The monoisotopic (exact) mass is 268 g/mol. The predicted molar refractivity (Wildman–Crippen MR) is 72.8 cm³/mol. The van der Waals surface area contributed by atoms with Gasteiger partial charge in [0.2, 0.25) is 11.0 Å². The van der Waals surface area contributed by atoms with Crippen molar-refractivity contribution in [2.45, 2.75) is 33.1 Å². The van der Waals surface area contributed by atoms with E-state index in [0.717, 1.165) is 18.9 Å². The lowest BCUT2D eigenvalue weighted by molar-refractivity contribution is -0.121. The lowest BCUT2D eigenvalue weighted by Gasteiger charge is -2.31. The second-order valence-electron chi connectivity index (χ2n) is 5.87. The van der Waals surface area contributed by atoms with Gasteiger partial charge in [0.05, 0.1) is 0 Å². The highest BCUT2D eigenvalue weighted by Gasteiger charge is 2.29. The molecule has 2 N–H and O–H groups in total. The molecule has 1 aliphatic rings. The maximum Gasteiger partial charge on any atom is 0.229 e. The van der Waals surface area contributed by atoms with Crippen molar-refractivity contribution in [2.75, 3.05) is 18.4 Å². The normalized spacial score (nSPS) is 18.2. The zero-order chi connectivity index (χ0) is 13.3. The van der Waals surface area contributed by atoms with Gasteiger partial charge < -0.3 is 10.6 Å². The molecule has 0 spiro atoms. The number of anilines is 1. The summed E-state index contributed by atoms with van der Waals surface area (Å²) < 4.78 is 4.28. The highest BCUT2D eigenvalue weighted by molar-refractivity contribution is 7.09. The van der Waals surface area contributed by atoms with Crippen LogP contribution in [0.1, 0.15) is 33.5 Å². The van der Waals surface area contributed by atoms with Crippen molar-refractivity contribution in [3.8, 4) is 0 Å². The van der Waals surface area contributed by atoms with Crippen LogP contribution in [0, 0.1) is 11.8 Å². The number of nitrogens with zero attached hydrogens (tertiary/aromatic N) is 2. The molecule has 1 amide bonds. The third-order valence-electron chi connectivity index (χ3n) is 3.26. The van der Waals surface area contributed by atoms with Crippen LogP contribution in [0.25, 0.3) is 0 Å². The minimum absolute atomic E-state index is 0.0215. The molecule has 1 unspecified atom stereocenters. The van der Waals surface area contributed by atoms with Crippen molar-refractivity contribution < 1.29 is 4.79 Å². The number of carbonyl (C=O) groups excluding carboxylic acids is 1. The Labute approximate surface area is 112 Å². The Hall–Kier alpha value is -1.01. The molecule has 0 bridgehead atoms. The van der Waals surface area contributed by atoms with Crippen molar-refractivity contribution in [2.24, 2.45) is 11.8 Å². The van der Waals surface area contributed by atoms with Gasteiger partial charge in [0.1, 0.15) is 5.82 Å². The van der Waals surface area contributed by atoms with Gasteiger partial charge in [-0.1, -0.05) is 27.7 Å². The topological polar surface area (TPSA) is 66.9 Å². The molecule has 2 rings (SSSR count). The SMILES string of the molecule is CC(C(=O)Nc1nc(C(C)(C)C)ns1)C1CNC1. The van der Waals surface area contributed by atoms with Gasteiger partial charge in [-0.05, 0) is 19.0 Å². The van der Waals surface area contributed by atoms with Crippen LogP contribution in [0.15, 0.2) is 0 Å². The van der Waals surface area contributed by atoms with Gasteiger partial charge >= 0.3 is 0 Å². The Morgan fingerprint density at radius 2 is 2.17 bits per heavy atom. The second kappa shape index (κ2) is 4.93. The molecule has 1 aromatic rings. The van der Waals surface area contributed by atoms with Gasteiger partial charge in [0, 0.05) is 22.9 Å². The van der Waals surface area contributed by atoms with Crippen molar-refractivity contribution in [3.63, 3.8) is 0 Å². The van der Waals surface area contributed by atoms with Crippen LogP contribution in [0.3, 0.4) is 0 Å². The van der Waals surface area contributed by atoms with E-state index < -0.39 is 0 Å². The Kier molecular flexibility index (Phi) is 3.68. The van der Waals surface area contributed by atoms with Gasteiger partial charge in [0.15, 0.2) is 0 Å². The van der Waals surface area contributed by atoms with Crippen LogP contribution in [-0.2, 0) is 10.2 Å². The summed E-state index contributed by atoms with van der Waals surface area (Å²) in [7, 11) is 0. The van der Waals surface area contributed by atoms with Crippen LogP contribution in [0.2, 0.25) is 0 Å². The van der Waals surface area contributed by atoms with Crippen LogP contribution < -0.4 is 10.6 Å². The molecule has 100 valence electrons. The summed E-state index contributed by atoms with van der Waals surface area (Å²) >= 11 is 1.25. The minimum atomic E-state index is -0.0804. The smallest absolute Gasteiger partial charge is 0.229 e. The molecule has 5 nitrogen and oxygen atoms in total. The summed E-state index contributed by atoms with van der Waals surface area (Å²) in [5.41, 5.74) is -0.0804. The van der Waals surface area contributed by atoms with Crippen LogP contribution >= 0.6 is 11.5 Å². The van der Waals surface area contributed by atoms with Crippen LogP contribution in [-0.4, -0.2) is 28.4 Å². The third kappa shape index (κ3) is 2.87. The van der Waals surface area contributed by atoms with Gasteiger partial charge in [-0.3, -0.25) is 4.79 Å². The summed E-state index contributed by atoms with van der Waals surface area (Å²) in [6, 6.07) is 0. The lowest BCUT2D eigenvalue weighted by atomic mass is 9.88. The zero-order valence-electron chi connectivity index (χ0n) is 11.3. The van der Waals surface area contributed by atoms with E-state index in [-0.39, 0.29) is 17.2 Å². The van der Waals surface area contributed by atoms with E-state index >= 15 is 0 Å². The molecule has 2 heterocycles. The largest absolute Gasteiger partial charge is 0.316 e. The molecule has 1 fully saturated rings. The molecule has 0 radical (unpaired) electrons. The first-order valence-corrected chi connectivity index (χ1v) is 7.01. The first-order valence-electron chi connectivity index (χ1n) is 6.23. The molecule has 1 aromatic heterocycles. The Balaban J connectivity index is 1.96. The fourth-order valence-electron chi connectivity index (χ4n) is 1.68. The number of aromatic nitrogens is 2. The Morgan fingerprint density at radius 3 is 2.61 bits per heavy atom. The molecule has 18 heavy (non-hydrogen) atoms. The highest BCUT2D eigenvalue weighted by atomic mass is 32.1. The van der Waals surface area contributed by atoms with Crippen molar-refractivity contribution in [1.29, 1.82) is 0 Å². The van der Waals surface area contributed by atoms with Crippen molar-refractivity contribution >= 4 is 22.6 Å². The third-order valence-corrected chi connectivity index (χ3v) is 3.89. The predicted octanol–water partition coefficient (Wildman–Crippen LogP) is 1.63. The minimum Gasteiger partial charge on any atom is -0.316 e. The average Bonchev–Trinajstić information content (AvgIpc) is 2.62. The summed E-state index contributed by atoms with van der Waals surface area (Å²) in [6.45, 7) is 10.00. The summed E-state index contributed by atoms with van der Waals surface area (Å²) in [4.78, 5) is 16.4. The summed E-state index contributed by atoms with van der Waals surface area (Å²) in [5, 5.41) is 6.64. The number of rotatable bonds is 3. The fourth-order valence-corrected chi connectivity index (χ4v) is 2.44. The first kappa shape index (κ1) is 13.4. The highest BCUT2D eigenvalue weighted by Crippen LogP contribution is 2.24. The Bertz CT molecular complexity index is 434. The molecule has 1 aliphatic heterocycles. The molecular weight excluding hydrogens is 248 g/mol. The average molecular weight is 268 g/mol.